The summed E-state index contributed by atoms with van der Waals surface area (Å²) in [5, 5.41) is 16.0. The van der Waals surface area contributed by atoms with Crippen molar-refractivity contribution >= 4 is 50.3 Å². The van der Waals surface area contributed by atoms with Gasteiger partial charge in [-0.2, -0.15) is 9.78 Å². The zero-order valence-corrected chi connectivity index (χ0v) is 17.9. The average molecular weight is 480 g/mol. The number of nitro benzene ring substituents is 1. The van der Waals surface area contributed by atoms with Gasteiger partial charge in [0, 0.05) is 22.5 Å². The molecule has 0 atom stereocenters. The first-order valence-corrected chi connectivity index (χ1v) is 9.80. The Balaban J connectivity index is 2.15. The molecule has 0 fully saturated rings. The third kappa shape index (κ3) is 4.30. The standard InChI is InChI=1S/C19H16BrClN4O4/c1-3-4-17-23-15-6-5-12(20)9-13(15)19(26)24(17)22-10-11-7-14(21)18(29-2)16(8-11)25(27)28/h5-10H,3-4H2,1-2H3. The van der Waals surface area contributed by atoms with Gasteiger partial charge in [-0.3, -0.25) is 14.9 Å². The first-order chi connectivity index (χ1) is 13.8. The Kier molecular flexibility index (Phi) is 6.29. The summed E-state index contributed by atoms with van der Waals surface area (Å²) < 4.78 is 6.96. The molecule has 8 nitrogen and oxygen atoms in total. The minimum absolute atomic E-state index is 0.0325. The highest BCUT2D eigenvalue weighted by molar-refractivity contribution is 9.10. The summed E-state index contributed by atoms with van der Waals surface area (Å²) in [5.41, 5.74) is 0.315. The van der Waals surface area contributed by atoms with E-state index in [1.165, 1.54) is 30.1 Å². The molecule has 0 aliphatic carbocycles. The third-order valence-electron chi connectivity index (χ3n) is 4.12. The topological polar surface area (TPSA) is 99.6 Å². The van der Waals surface area contributed by atoms with Gasteiger partial charge in [0.15, 0.2) is 0 Å². The van der Waals surface area contributed by atoms with Gasteiger partial charge in [0.1, 0.15) is 5.82 Å². The number of aryl methyl sites for hydroxylation is 1. The molecule has 2 aromatic carbocycles. The van der Waals surface area contributed by atoms with Crippen LogP contribution in [0.3, 0.4) is 0 Å². The van der Waals surface area contributed by atoms with Gasteiger partial charge in [0.2, 0.25) is 5.75 Å². The van der Waals surface area contributed by atoms with E-state index >= 15 is 0 Å². The molecule has 0 bridgehead atoms. The lowest BCUT2D eigenvalue weighted by atomic mass is 10.2. The molecule has 0 aliphatic heterocycles. The molecular weight excluding hydrogens is 464 g/mol. The van der Waals surface area contributed by atoms with Crippen LogP contribution >= 0.6 is 27.5 Å². The highest BCUT2D eigenvalue weighted by Crippen LogP contribution is 2.35. The van der Waals surface area contributed by atoms with E-state index in [-0.39, 0.29) is 22.0 Å². The number of nitro groups is 1. The summed E-state index contributed by atoms with van der Waals surface area (Å²) in [6.07, 6.45) is 2.65. The van der Waals surface area contributed by atoms with E-state index < -0.39 is 4.92 Å². The Morgan fingerprint density at radius 2 is 2.14 bits per heavy atom. The highest BCUT2D eigenvalue weighted by Gasteiger charge is 2.19. The Hall–Kier alpha value is -2.78. The highest BCUT2D eigenvalue weighted by atomic mass is 79.9. The van der Waals surface area contributed by atoms with Crippen LogP contribution in [0.5, 0.6) is 5.75 Å². The lowest BCUT2D eigenvalue weighted by Gasteiger charge is -2.09. The normalized spacial score (nSPS) is 11.3. The molecule has 1 aromatic heterocycles. The summed E-state index contributed by atoms with van der Waals surface area (Å²) >= 11 is 9.45. The van der Waals surface area contributed by atoms with Gasteiger partial charge in [0.25, 0.3) is 5.56 Å². The van der Waals surface area contributed by atoms with Crippen molar-refractivity contribution in [3.05, 3.63) is 71.7 Å². The van der Waals surface area contributed by atoms with Crippen LogP contribution in [0.2, 0.25) is 5.02 Å². The van der Waals surface area contributed by atoms with Gasteiger partial charge in [-0.1, -0.05) is 34.5 Å². The molecule has 0 spiro atoms. The number of hydrogen-bond acceptors (Lipinski definition) is 6. The van der Waals surface area contributed by atoms with E-state index in [1.54, 1.807) is 12.1 Å². The number of hydrogen-bond donors (Lipinski definition) is 0. The maximum Gasteiger partial charge on any atom is 0.313 e. The molecule has 3 rings (SSSR count). The molecule has 10 heteroatoms. The fourth-order valence-corrected chi connectivity index (χ4v) is 3.50. The van der Waals surface area contributed by atoms with Crippen LogP contribution in [-0.4, -0.2) is 27.9 Å². The molecule has 0 unspecified atom stereocenters. The summed E-state index contributed by atoms with van der Waals surface area (Å²) in [6, 6.07) is 8.02. The van der Waals surface area contributed by atoms with Crippen LogP contribution in [-0.2, 0) is 6.42 Å². The molecule has 0 saturated heterocycles. The van der Waals surface area contributed by atoms with Crippen LogP contribution in [0, 0.1) is 10.1 Å². The minimum atomic E-state index is -0.591. The SMILES string of the molecule is CCCc1nc2ccc(Br)cc2c(=O)n1N=Cc1cc(Cl)c(OC)c([N+](=O)[O-])c1. The Morgan fingerprint density at radius 3 is 2.79 bits per heavy atom. The average Bonchev–Trinajstić information content (AvgIpc) is 2.68. The number of fused-ring (bicyclic) bond motifs is 1. The first-order valence-electron chi connectivity index (χ1n) is 8.63. The lowest BCUT2D eigenvalue weighted by molar-refractivity contribution is -0.385. The van der Waals surface area contributed by atoms with Crippen LogP contribution in [0.15, 0.2) is 44.7 Å². The quantitative estimate of drug-likeness (QED) is 0.293. The zero-order valence-electron chi connectivity index (χ0n) is 15.6. The molecule has 0 radical (unpaired) electrons. The molecule has 0 aliphatic rings. The summed E-state index contributed by atoms with van der Waals surface area (Å²) in [5.74, 6) is 0.465. The van der Waals surface area contributed by atoms with E-state index in [9.17, 15) is 14.9 Å². The maximum atomic E-state index is 13.0. The first kappa shape index (κ1) is 20.9. The molecular formula is C19H16BrClN4O4. The van der Waals surface area contributed by atoms with Crippen molar-refractivity contribution in [2.45, 2.75) is 19.8 Å². The molecule has 0 amide bonds. The molecule has 1 heterocycles. The van der Waals surface area contributed by atoms with Gasteiger partial charge in [-0.05, 0) is 30.7 Å². The number of halogens is 2. The molecule has 3 aromatic rings. The van der Waals surface area contributed by atoms with Crippen molar-refractivity contribution in [2.24, 2.45) is 5.10 Å². The Labute approximate surface area is 179 Å². The van der Waals surface area contributed by atoms with Crippen molar-refractivity contribution in [2.75, 3.05) is 7.11 Å². The van der Waals surface area contributed by atoms with Crippen molar-refractivity contribution in [1.82, 2.24) is 9.66 Å². The van der Waals surface area contributed by atoms with E-state index in [2.05, 4.69) is 26.0 Å². The second kappa shape index (κ2) is 8.71. The van der Waals surface area contributed by atoms with Crippen molar-refractivity contribution in [1.29, 1.82) is 0 Å². The van der Waals surface area contributed by atoms with Crippen LogP contribution in [0.25, 0.3) is 10.9 Å². The van der Waals surface area contributed by atoms with E-state index in [4.69, 9.17) is 16.3 Å². The predicted octanol–water partition coefficient (Wildman–Crippen LogP) is 4.56. The predicted molar refractivity (Wildman–Crippen MR) is 115 cm³/mol. The molecule has 150 valence electrons. The van der Waals surface area contributed by atoms with E-state index in [0.29, 0.717) is 28.7 Å². The monoisotopic (exact) mass is 478 g/mol. The second-order valence-electron chi connectivity index (χ2n) is 6.11. The van der Waals surface area contributed by atoms with E-state index in [1.807, 2.05) is 13.0 Å². The van der Waals surface area contributed by atoms with Crippen LogP contribution < -0.4 is 10.3 Å². The largest absolute Gasteiger partial charge is 0.489 e. The molecule has 0 N–H and O–H groups in total. The summed E-state index contributed by atoms with van der Waals surface area (Å²) in [7, 11) is 1.30. The van der Waals surface area contributed by atoms with Gasteiger partial charge in [-0.25, -0.2) is 4.98 Å². The zero-order chi connectivity index (χ0) is 21.1. The van der Waals surface area contributed by atoms with Gasteiger partial charge in [0.05, 0.1) is 34.2 Å². The number of benzene rings is 2. The van der Waals surface area contributed by atoms with Gasteiger partial charge < -0.3 is 4.74 Å². The Bertz CT molecular complexity index is 1190. The molecule has 29 heavy (non-hydrogen) atoms. The number of ether oxygens (including phenoxy) is 1. The second-order valence-corrected chi connectivity index (χ2v) is 7.44. The number of methoxy groups -OCH3 is 1. The fraction of sp³-hybridized carbons (Fsp3) is 0.211. The fourth-order valence-electron chi connectivity index (χ4n) is 2.84. The lowest BCUT2D eigenvalue weighted by Crippen LogP contribution is -2.22. The van der Waals surface area contributed by atoms with Crippen LogP contribution in [0.1, 0.15) is 24.7 Å². The van der Waals surface area contributed by atoms with Crippen molar-refractivity contribution < 1.29 is 9.66 Å². The van der Waals surface area contributed by atoms with Crippen LogP contribution in [0.4, 0.5) is 5.69 Å². The maximum absolute atomic E-state index is 13.0. The van der Waals surface area contributed by atoms with Crippen molar-refractivity contribution in [3.8, 4) is 5.75 Å². The van der Waals surface area contributed by atoms with E-state index in [0.717, 1.165) is 10.9 Å². The summed E-state index contributed by atoms with van der Waals surface area (Å²) in [6.45, 7) is 1.97. The van der Waals surface area contributed by atoms with Gasteiger partial charge in [-0.15, -0.1) is 0 Å². The number of rotatable bonds is 6. The van der Waals surface area contributed by atoms with Crippen molar-refractivity contribution in [3.63, 3.8) is 0 Å². The minimum Gasteiger partial charge on any atom is -0.489 e. The third-order valence-corrected chi connectivity index (χ3v) is 4.89. The van der Waals surface area contributed by atoms with Gasteiger partial charge >= 0.3 is 5.69 Å². The number of aromatic nitrogens is 2. The number of nitrogens with zero attached hydrogens (tertiary/aromatic N) is 4. The smallest absolute Gasteiger partial charge is 0.313 e. The Morgan fingerprint density at radius 1 is 1.38 bits per heavy atom. The summed E-state index contributed by atoms with van der Waals surface area (Å²) in [4.78, 5) is 28.2. The molecule has 0 saturated carbocycles.